The number of anilines is 2. The van der Waals surface area contributed by atoms with Gasteiger partial charge in [-0.1, -0.05) is 53.5 Å². The maximum Gasteiger partial charge on any atom is 0.253 e. The molecule has 184 valence electrons. The molecule has 6 nitrogen and oxygen atoms in total. The van der Waals surface area contributed by atoms with Crippen LogP contribution in [0.3, 0.4) is 0 Å². The van der Waals surface area contributed by atoms with Gasteiger partial charge in [0.25, 0.3) is 5.91 Å². The fourth-order valence-corrected chi connectivity index (χ4v) is 5.37. The summed E-state index contributed by atoms with van der Waals surface area (Å²) >= 11 is 12.3. The third kappa shape index (κ3) is 5.72. The quantitative estimate of drug-likeness (QED) is 0.442. The van der Waals surface area contributed by atoms with E-state index < -0.39 is 10.0 Å². The minimum absolute atomic E-state index is 0.0364. The van der Waals surface area contributed by atoms with Crippen molar-refractivity contribution >= 4 is 50.5 Å². The molecule has 1 aliphatic rings. The van der Waals surface area contributed by atoms with Gasteiger partial charge in [0, 0.05) is 31.7 Å². The minimum atomic E-state index is -3.65. The lowest BCUT2D eigenvalue weighted by atomic mass is 10.1. The molecule has 10 heteroatoms. The van der Waals surface area contributed by atoms with Gasteiger partial charge in [-0.3, -0.25) is 9.10 Å². The molecular weight excluding hydrogens is 512 g/mol. The van der Waals surface area contributed by atoms with Gasteiger partial charge in [0.1, 0.15) is 5.82 Å². The molecule has 4 rings (SSSR count). The zero-order valence-electron chi connectivity index (χ0n) is 19.0. The Kier molecular flexibility index (Phi) is 7.54. The van der Waals surface area contributed by atoms with Crippen LogP contribution in [-0.4, -0.2) is 51.7 Å². The van der Waals surface area contributed by atoms with E-state index in [1.54, 1.807) is 65.6 Å². The van der Waals surface area contributed by atoms with Crippen LogP contribution in [0.1, 0.15) is 15.9 Å². The molecule has 1 amide bonds. The number of amides is 1. The number of hydrogen-bond acceptors (Lipinski definition) is 4. The van der Waals surface area contributed by atoms with Crippen LogP contribution in [0.15, 0.2) is 66.7 Å². The van der Waals surface area contributed by atoms with Crippen LogP contribution >= 0.6 is 23.2 Å². The van der Waals surface area contributed by atoms with Crippen molar-refractivity contribution in [3.8, 4) is 0 Å². The number of carbonyl (C=O) groups excluding carboxylic acids is 1. The van der Waals surface area contributed by atoms with Crippen molar-refractivity contribution in [2.24, 2.45) is 0 Å². The molecule has 1 saturated heterocycles. The minimum Gasteiger partial charge on any atom is -0.366 e. The Labute approximate surface area is 214 Å². The molecule has 0 aromatic heterocycles. The van der Waals surface area contributed by atoms with Crippen molar-refractivity contribution in [3.05, 3.63) is 93.7 Å². The summed E-state index contributed by atoms with van der Waals surface area (Å²) in [5, 5.41) is 0.412. The summed E-state index contributed by atoms with van der Waals surface area (Å²) in [7, 11) is -3.65. The molecule has 35 heavy (non-hydrogen) atoms. The predicted octanol–water partition coefficient (Wildman–Crippen LogP) is 5.06. The second-order valence-corrected chi connectivity index (χ2v) is 11.0. The smallest absolute Gasteiger partial charge is 0.253 e. The number of para-hydroxylation sites is 1. The Morgan fingerprint density at radius 2 is 1.60 bits per heavy atom. The van der Waals surface area contributed by atoms with E-state index in [4.69, 9.17) is 23.2 Å². The zero-order chi connectivity index (χ0) is 25.2. The molecule has 0 radical (unpaired) electrons. The first-order valence-electron chi connectivity index (χ1n) is 10.9. The second kappa shape index (κ2) is 10.4. The average Bonchev–Trinajstić information content (AvgIpc) is 2.84. The summed E-state index contributed by atoms with van der Waals surface area (Å²) in [6, 6.07) is 18.2. The van der Waals surface area contributed by atoms with Crippen LogP contribution in [0.4, 0.5) is 15.8 Å². The lowest BCUT2D eigenvalue weighted by Crippen LogP contribution is -2.49. The van der Waals surface area contributed by atoms with Gasteiger partial charge in [0.15, 0.2) is 0 Å². The zero-order valence-corrected chi connectivity index (χ0v) is 21.3. The largest absolute Gasteiger partial charge is 0.366 e. The van der Waals surface area contributed by atoms with Gasteiger partial charge in [-0.05, 0) is 42.0 Å². The molecule has 1 aliphatic heterocycles. The van der Waals surface area contributed by atoms with E-state index in [0.29, 0.717) is 43.0 Å². The van der Waals surface area contributed by atoms with Gasteiger partial charge < -0.3 is 9.80 Å². The van der Waals surface area contributed by atoms with Crippen LogP contribution < -0.4 is 9.21 Å². The fourth-order valence-electron chi connectivity index (χ4n) is 4.03. The predicted molar refractivity (Wildman–Crippen MR) is 138 cm³/mol. The highest BCUT2D eigenvalue weighted by molar-refractivity contribution is 7.92. The summed E-state index contributed by atoms with van der Waals surface area (Å²) in [5.41, 5.74) is 2.01. The highest BCUT2D eigenvalue weighted by Gasteiger charge is 2.25. The maximum absolute atomic E-state index is 14.1. The number of hydrogen-bond donors (Lipinski definition) is 0. The highest BCUT2D eigenvalue weighted by atomic mass is 35.5. The second-order valence-electron chi connectivity index (χ2n) is 8.27. The molecule has 1 heterocycles. The van der Waals surface area contributed by atoms with E-state index in [0.717, 1.165) is 6.26 Å². The first-order valence-corrected chi connectivity index (χ1v) is 13.5. The van der Waals surface area contributed by atoms with Gasteiger partial charge in [-0.2, -0.15) is 0 Å². The number of piperazine rings is 1. The third-order valence-corrected chi connectivity index (χ3v) is 7.82. The molecule has 3 aromatic carbocycles. The molecule has 0 atom stereocenters. The summed E-state index contributed by atoms with van der Waals surface area (Å²) in [4.78, 5) is 16.7. The Morgan fingerprint density at radius 1 is 0.943 bits per heavy atom. The standard InChI is InChI=1S/C25H24Cl2FN3O3S/c1-35(33,34)31(23-8-4-5-20(26)24(23)27)17-18-9-11-19(12-10-18)25(32)30-15-13-29(14-16-30)22-7-3-2-6-21(22)28/h2-12H,13-17H2,1H3. The summed E-state index contributed by atoms with van der Waals surface area (Å²) < 4.78 is 40.2. The molecule has 1 fully saturated rings. The lowest BCUT2D eigenvalue weighted by Gasteiger charge is -2.36. The van der Waals surface area contributed by atoms with E-state index in [9.17, 15) is 17.6 Å². The molecule has 0 aliphatic carbocycles. The Hall–Kier alpha value is -2.81. The third-order valence-electron chi connectivity index (χ3n) is 5.89. The van der Waals surface area contributed by atoms with Gasteiger partial charge in [0.05, 0.1) is 34.2 Å². The van der Waals surface area contributed by atoms with E-state index in [1.807, 2.05) is 4.90 Å². The lowest BCUT2D eigenvalue weighted by molar-refractivity contribution is 0.0746. The normalized spacial score (nSPS) is 14.2. The number of rotatable bonds is 6. The molecular formula is C25H24Cl2FN3O3S. The van der Waals surface area contributed by atoms with Crippen LogP contribution in [0.25, 0.3) is 0 Å². The monoisotopic (exact) mass is 535 g/mol. The van der Waals surface area contributed by atoms with Crippen LogP contribution in [0.2, 0.25) is 10.0 Å². The average molecular weight is 536 g/mol. The summed E-state index contributed by atoms with van der Waals surface area (Å²) in [6.07, 6.45) is 1.10. The molecule has 0 N–H and O–H groups in total. The van der Waals surface area contributed by atoms with Crippen molar-refractivity contribution in [2.75, 3.05) is 41.6 Å². The van der Waals surface area contributed by atoms with E-state index in [2.05, 4.69) is 0 Å². The van der Waals surface area contributed by atoms with Crippen LogP contribution in [-0.2, 0) is 16.6 Å². The van der Waals surface area contributed by atoms with Crippen LogP contribution in [0.5, 0.6) is 0 Å². The maximum atomic E-state index is 14.1. The molecule has 0 unspecified atom stereocenters. The SMILES string of the molecule is CS(=O)(=O)N(Cc1ccc(C(=O)N2CCN(c3ccccc3F)CC2)cc1)c1cccc(Cl)c1Cl. The molecule has 3 aromatic rings. The van der Waals surface area contributed by atoms with E-state index >= 15 is 0 Å². The van der Waals surface area contributed by atoms with E-state index in [-0.39, 0.29) is 34.0 Å². The summed E-state index contributed by atoms with van der Waals surface area (Å²) in [6.45, 7) is 2.06. The van der Waals surface area contributed by atoms with Crippen LogP contribution in [0, 0.1) is 5.82 Å². The van der Waals surface area contributed by atoms with Gasteiger partial charge in [-0.25, -0.2) is 12.8 Å². The van der Waals surface area contributed by atoms with E-state index in [1.165, 1.54) is 10.4 Å². The molecule has 0 bridgehead atoms. The highest BCUT2D eigenvalue weighted by Crippen LogP contribution is 2.34. The summed E-state index contributed by atoms with van der Waals surface area (Å²) in [5.74, 6) is -0.396. The number of nitrogens with zero attached hydrogens (tertiary/aromatic N) is 3. The Bertz CT molecular complexity index is 1330. The Balaban J connectivity index is 1.44. The number of sulfonamides is 1. The van der Waals surface area contributed by atoms with Crippen molar-refractivity contribution in [1.29, 1.82) is 0 Å². The van der Waals surface area contributed by atoms with Crippen molar-refractivity contribution in [3.63, 3.8) is 0 Å². The topological polar surface area (TPSA) is 60.9 Å². The van der Waals surface area contributed by atoms with Crippen molar-refractivity contribution in [1.82, 2.24) is 4.90 Å². The first kappa shape index (κ1) is 25.3. The van der Waals surface area contributed by atoms with Crippen molar-refractivity contribution < 1.29 is 17.6 Å². The van der Waals surface area contributed by atoms with Gasteiger partial charge in [-0.15, -0.1) is 0 Å². The van der Waals surface area contributed by atoms with Gasteiger partial charge >= 0.3 is 0 Å². The Morgan fingerprint density at radius 3 is 2.23 bits per heavy atom. The number of halogens is 3. The number of carbonyl (C=O) groups is 1. The fraction of sp³-hybridized carbons (Fsp3) is 0.240. The molecule has 0 saturated carbocycles. The molecule has 0 spiro atoms. The van der Waals surface area contributed by atoms with Crippen molar-refractivity contribution in [2.45, 2.75) is 6.54 Å². The van der Waals surface area contributed by atoms with Gasteiger partial charge in [0.2, 0.25) is 10.0 Å². The first-order chi connectivity index (χ1) is 16.6. The number of benzene rings is 3.